The normalized spacial score (nSPS) is 12.5. The summed E-state index contributed by atoms with van der Waals surface area (Å²) < 4.78 is 0. The van der Waals surface area contributed by atoms with Crippen LogP contribution >= 0.6 is 0 Å². The van der Waals surface area contributed by atoms with Crippen LogP contribution in [0.5, 0.6) is 0 Å². The lowest BCUT2D eigenvalue weighted by Gasteiger charge is -2.14. The van der Waals surface area contributed by atoms with Crippen molar-refractivity contribution in [2.75, 3.05) is 6.54 Å². The lowest BCUT2D eigenvalue weighted by atomic mass is 10.0. The van der Waals surface area contributed by atoms with Crippen LogP contribution in [-0.2, 0) is 6.42 Å². The summed E-state index contributed by atoms with van der Waals surface area (Å²) in [7, 11) is 0. The largest absolute Gasteiger partial charge is 0.308 e. The van der Waals surface area contributed by atoms with Gasteiger partial charge in [-0.05, 0) is 31.4 Å². The summed E-state index contributed by atoms with van der Waals surface area (Å²) in [5.41, 5.74) is 1.39. The van der Waals surface area contributed by atoms with E-state index in [-0.39, 0.29) is 6.04 Å². The lowest BCUT2D eigenvalue weighted by molar-refractivity contribution is 0.477. The topological polar surface area (TPSA) is 53.6 Å². The third kappa shape index (κ3) is 3.67. The van der Waals surface area contributed by atoms with Gasteiger partial charge in [-0.3, -0.25) is 5.10 Å². The van der Waals surface area contributed by atoms with Crippen molar-refractivity contribution < 1.29 is 0 Å². The molecule has 1 aromatic carbocycles. The van der Waals surface area contributed by atoms with Crippen molar-refractivity contribution in [3.05, 3.63) is 48.0 Å². The zero-order valence-electron chi connectivity index (χ0n) is 10.8. The summed E-state index contributed by atoms with van der Waals surface area (Å²) >= 11 is 0. The molecule has 0 aliphatic carbocycles. The van der Waals surface area contributed by atoms with Crippen LogP contribution in [0.2, 0.25) is 0 Å². The zero-order valence-corrected chi connectivity index (χ0v) is 10.8. The van der Waals surface area contributed by atoms with Gasteiger partial charge in [0.25, 0.3) is 0 Å². The van der Waals surface area contributed by atoms with Crippen LogP contribution in [0.15, 0.2) is 36.7 Å². The monoisotopic (exact) mass is 244 g/mol. The van der Waals surface area contributed by atoms with Gasteiger partial charge in [0.1, 0.15) is 12.2 Å². The van der Waals surface area contributed by atoms with Crippen LogP contribution in [-0.4, -0.2) is 21.7 Å². The first-order valence-corrected chi connectivity index (χ1v) is 6.52. The van der Waals surface area contributed by atoms with Crippen molar-refractivity contribution in [1.29, 1.82) is 0 Å². The summed E-state index contributed by atoms with van der Waals surface area (Å²) in [6.07, 6.45) is 4.88. The number of hydrogen-bond acceptors (Lipinski definition) is 3. The Morgan fingerprint density at radius 2 is 2.11 bits per heavy atom. The van der Waals surface area contributed by atoms with Crippen molar-refractivity contribution in [2.24, 2.45) is 0 Å². The highest BCUT2D eigenvalue weighted by molar-refractivity contribution is 5.14. The summed E-state index contributed by atoms with van der Waals surface area (Å²) in [6.45, 7) is 3.05. The molecule has 0 radical (unpaired) electrons. The Bertz CT molecular complexity index is 424. The number of aromatic nitrogens is 3. The van der Waals surface area contributed by atoms with E-state index in [1.165, 1.54) is 5.56 Å². The molecule has 0 aliphatic rings. The third-order valence-electron chi connectivity index (χ3n) is 3.02. The molecule has 0 aliphatic heterocycles. The predicted molar refractivity (Wildman–Crippen MR) is 72.2 cm³/mol. The van der Waals surface area contributed by atoms with Gasteiger partial charge in [-0.25, -0.2) is 4.98 Å². The molecule has 0 amide bonds. The fourth-order valence-electron chi connectivity index (χ4n) is 2.12. The summed E-state index contributed by atoms with van der Waals surface area (Å²) in [5.74, 6) is 0.935. The van der Waals surface area contributed by atoms with Gasteiger partial charge in [-0.15, -0.1) is 0 Å². The molecular weight excluding hydrogens is 224 g/mol. The molecule has 1 aromatic heterocycles. The van der Waals surface area contributed by atoms with Crippen molar-refractivity contribution in [3.63, 3.8) is 0 Å². The Balaban J connectivity index is 1.83. The minimum Gasteiger partial charge on any atom is -0.308 e. The van der Waals surface area contributed by atoms with E-state index in [9.17, 15) is 0 Å². The highest BCUT2D eigenvalue weighted by Gasteiger charge is 2.12. The second-order valence-corrected chi connectivity index (χ2v) is 4.36. The Morgan fingerprint density at radius 1 is 1.28 bits per heavy atom. The maximum atomic E-state index is 4.23. The van der Waals surface area contributed by atoms with Crippen LogP contribution in [0.1, 0.15) is 37.2 Å². The predicted octanol–water partition coefficient (Wildman–Crippen LogP) is 2.48. The van der Waals surface area contributed by atoms with Gasteiger partial charge >= 0.3 is 0 Å². The van der Waals surface area contributed by atoms with E-state index in [1.807, 2.05) is 0 Å². The zero-order chi connectivity index (χ0) is 12.6. The second-order valence-electron chi connectivity index (χ2n) is 4.36. The van der Waals surface area contributed by atoms with Crippen LogP contribution in [0, 0.1) is 0 Å². The number of rotatable bonds is 7. The van der Waals surface area contributed by atoms with Crippen LogP contribution in [0.25, 0.3) is 0 Å². The molecule has 1 heterocycles. The molecular formula is C14H20N4. The number of H-pyrrole nitrogens is 1. The van der Waals surface area contributed by atoms with Crippen molar-refractivity contribution in [3.8, 4) is 0 Å². The van der Waals surface area contributed by atoms with Crippen LogP contribution in [0.3, 0.4) is 0 Å². The van der Waals surface area contributed by atoms with E-state index in [1.54, 1.807) is 6.33 Å². The Morgan fingerprint density at radius 3 is 2.78 bits per heavy atom. The van der Waals surface area contributed by atoms with E-state index in [0.29, 0.717) is 0 Å². The fraction of sp³-hybridized carbons (Fsp3) is 0.429. The van der Waals surface area contributed by atoms with Gasteiger partial charge in [0, 0.05) is 0 Å². The number of hydrogen-bond donors (Lipinski definition) is 2. The highest BCUT2D eigenvalue weighted by atomic mass is 15.2. The molecule has 0 spiro atoms. The molecule has 4 heteroatoms. The minimum absolute atomic E-state index is 0.279. The average molecular weight is 244 g/mol. The van der Waals surface area contributed by atoms with E-state index >= 15 is 0 Å². The standard InChI is InChI=1S/C14H20N4/c1-2-15-13(14-16-11-17-18-14)10-6-9-12-7-4-3-5-8-12/h3-5,7-8,11,13,15H,2,6,9-10H2,1H3,(H,16,17,18). The van der Waals surface area contributed by atoms with Crippen molar-refractivity contribution >= 4 is 0 Å². The van der Waals surface area contributed by atoms with Crippen molar-refractivity contribution in [1.82, 2.24) is 20.5 Å². The summed E-state index contributed by atoms with van der Waals surface area (Å²) in [5, 5.41) is 10.3. The SMILES string of the molecule is CCNC(CCCc1ccccc1)c1ncn[nH]1. The van der Waals surface area contributed by atoms with E-state index in [2.05, 4.69) is 57.8 Å². The quantitative estimate of drug-likeness (QED) is 0.786. The molecule has 96 valence electrons. The first-order valence-electron chi connectivity index (χ1n) is 6.52. The van der Waals surface area contributed by atoms with E-state index in [0.717, 1.165) is 31.6 Å². The molecule has 1 unspecified atom stereocenters. The molecule has 0 fully saturated rings. The van der Waals surface area contributed by atoms with Gasteiger partial charge in [-0.1, -0.05) is 37.3 Å². The number of aromatic amines is 1. The van der Waals surface area contributed by atoms with Gasteiger partial charge in [0.2, 0.25) is 0 Å². The molecule has 0 saturated carbocycles. The number of benzene rings is 1. The van der Waals surface area contributed by atoms with E-state index < -0.39 is 0 Å². The molecule has 0 saturated heterocycles. The van der Waals surface area contributed by atoms with Gasteiger partial charge < -0.3 is 5.32 Å². The Hall–Kier alpha value is -1.68. The van der Waals surface area contributed by atoms with Crippen LogP contribution in [0.4, 0.5) is 0 Å². The summed E-state index contributed by atoms with van der Waals surface area (Å²) in [4.78, 5) is 4.23. The Kier molecular flexibility index (Phi) is 4.90. The molecule has 2 aromatic rings. The van der Waals surface area contributed by atoms with Gasteiger partial charge in [0.05, 0.1) is 6.04 Å². The molecule has 18 heavy (non-hydrogen) atoms. The molecule has 4 nitrogen and oxygen atoms in total. The molecule has 2 rings (SSSR count). The highest BCUT2D eigenvalue weighted by Crippen LogP contribution is 2.15. The number of aryl methyl sites for hydroxylation is 1. The fourth-order valence-corrected chi connectivity index (χ4v) is 2.12. The molecule has 1 atom stereocenters. The molecule has 2 N–H and O–H groups in total. The second kappa shape index (κ2) is 6.91. The number of nitrogens with zero attached hydrogens (tertiary/aromatic N) is 2. The first kappa shape index (κ1) is 12.8. The smallest absolute Gasteiger partial charge is 0.141 e. The summed E-state index contributed by atoms with van der Waals surface area (Å²) in [6, 6.07) is 10.9. The first-order chi connectivity index (χ1) is 8.90. The van der Waals surface area contributed by atoms with Crippen LogP contribution < -0.4 is 5.32 Å². The van der Waals surface area contributed by atoms with Gasteiger partial charge in [0.15, 0.2) is 0 Å². The maximum Gasteiger partial charge on any atom is 0.141 e. The maximum absolute atomic E-state index is 4.23. The van der Waals surface area contributed by atoms with Crippen molar-refractivity contribution in [2.45, 2.75) is 32.2 Å². The lowest BCUT2D eigenvalue weighted by Crippen LogP contribution is -2.22. The van der Waals surface area contributed by atoms with E-state index in [4.69, 9.17) is 0 Å². The molecule has 0 bridgehead atoms. The number of nitrogens with one attached hydrogen (secondary N) is 2. The average Bonchev–Trinajstić information content (AvgIpc) is 2.93. The third-order valence-corrected chi connectivity index (χ3v) is 3.02. The Labute approximate surface area is 108 Å². The van der Waals surface area contributed by atoms with Gasteiger partial charge in [-0.2, -0.15) is 5.10 Å². The minimum atomic E-state index is 0.279.